The SMILES string of the molecule is C.C.CC(C)OC(=O)CCC/C=C\C[C@H]1C(=O)C[C@@H](C)[C@@H]1/C=C/[C@@H](C)COc1cccc(C(F)(F)F)c1.CC(C)OC(=O)CCC/C=C\C[C@H]1C(=O)C[C@@H](O)[C@@H]1/C=C/[C@@H](O)COc1cccc(C(F)(F)F)c1.[3H][P+](P)=S. The van der Waals surface area contributed by atoms with Gasteiger partial charge in [0, 0.05) is 49.4 Å². The highest BCUT2D eigenvalue weighted by Gasteiger charge is 2.40. The van der Waals surface area contributed by atoms with E-state index in [1.807, 2.05) is 51.2 Å². The van der Waals surface area contributed by atoms with Gasteiger partial charge in [-0.05, 0) is 114 Å². The van der Waals surface area contributed by atoms with Crippen LogP contribution >= 0.6 is 15.9 Å². The average Bonchev–Trinajstić information content (AvgIpc) is 3.73. The van der Waals surface area contributed by atoms with E-state index in [1.54, 1.807) is 19.9 Å². The quantitative estimate of drug-likeness (QED) is 0.0341. The number of hydrogen-bond acceptors (Lipinski definition) is 11. The second-order valence-corrected chi connectivity index (χ2v) is 21.4. The molecule has 2 aliphatic rings. The number of aliphatic hydroxyl groups is 2. The molecule has 0 aliphatic heterocycles. The summed E-state index contributed by atoms with van der Waals surface area (Å²) >= 11 is 4.31. The molecule has 10 atom stereocenters. The number of halogens is 6. The summed E-state index contributed by atoms with van der Waals surface area (Å²) in [7, 11) is 2.20. The first-order valence-corrected chi connectivity index (χ1v) is 28.0. The number of unbranched alkanes of at least 4 members (excludes halogenated alkanes) is 2. The second kappa shape index (κ2) is 36.7. The molecule has 10 nitrogen and oxygen atoms in total. The van der Waals surface area contributed by atoms with Crippen LogP contribution in [0.4, 0.5) is 26.3 Å². The molecule has 0 aromatic heterocycles. The highest BCUT2D eigenvalue weighted by atomic mass is 32.6. The molecule has 2 aliphatic carbocycles. The van der Waals surface area contributed by atoms with Crippen molar-refractivity contribution < 1.29 is 74.7 Å². The van der Waals surface area contributed by atoms with Crippen LogP contribution in [0.2, 0.25) is 0 Å². The summed E-state index contributed by atoms with van der Waals surface area (Å²) < 4.78 is 104. The van der Waals surface area contributed by atoms with Crippen LogP contribution in [0, 0.1) is 35.5 Å². The number of Topliss-reactive ketones (excluding diaryl/α,β-unsaturated/α-hetero) is 2. The zero-order chi connectivity index (χ0) is 55.6. The van der Waals surface area contributed by atoms with Crippen LogP contribution in [0.25, 0.3) is 0 Å². The maximum absolute atomic E-state index is 12.9. The molecule has 0 bridgehead atoms. The molecule has 2 aromatic carbocycles. The Balaban J connectivity index is 0.00000135. The molecule has 0 heterocycles. The van der Waals surface area contributed by atoms with E-state index < -0.39 is 54.5 Å². The summed E-state index contributed by atoms with van der Waals surface area (Å²) in [5.74, 6) is -0.784. The maximum atomic E-state index is 12.9. The molecular formula is C56H81F6O10P2S+. The Bertz CT molecular complexity index is 2050. The van der Waals surface area contributed by atoms with Crippen molar-refractivity contribution in [1.29, 1.82) is 1.28 Å². The normalized spacial score (nSPS) is 21.0. The van der Waals surface area contributed by atoms with Gasteiger partial charge in [-0.3, -0.25) is 19.2 Å². The van der Waals surface area contributed by atoms with E-state index in [0.717, 1.165) is 30.7 Å². The minimum Gasteiger partial charge on any atom is -0.493 e. The molecule has 2 N–H and O–H groups in total. The van der Waals surface area contributed by atoms with Gasteiger partial charge in [0.05, 0.1) is 45.0 Å². The summed E-state index contributed by atoms with van der Waals surface area (Å²) in [5, 5.41) is 20.4. The number of carbonyl (C=O) groups excluding carboxylic acids is 4. The van der Waals surface area contributed by atoms with Crippen molar-refractivity contribution in [3.63, 3.8) is 0 Å². The molecule has 0 amide bonds. The van der Waals surface area contributed by atoms with Crippen molar-refractivity contribution in [3.8, 4) is 11.5 Å². The van der Waals surface area contributed by atoms with E-state index in [2.05, 4.69) is 33.7 Å². The highest BCUT2D eigenvalue weighted by molar-refractivity contribution is 8.24. The second-order valence-electron chi connectivity index (χ2n) is 18.6. The molecule has 4 rings (SSSR count). The first kappa shape index (κ1) is 68.7. The van der Waals surface area contributed by atoms with E-state index in [-0.39, 0.29) is 105 Å². The summed E-state index contributed by atoms with van der Waals surface area (Å²) in [6.45, 7) is 10.3. The van der Waals surface area contributed by atoms with Gasteiger partial charge in [0.2, 0.25) is 0 Å². The Hall–Kier alpha value is -4.27. The fourth-order valence-electron chi connectivity index (χ4n) is 8.07. The van der Waals surface area contributed by atoms with E-state index in [4.69, 9.17) is 20.2 Å². The third-order valence-electron chi connectivity index (χ3n) is 11.6. The summed E-state index contributed by atoms with van der Waals surface area (Å²) in [6.07, 6.45) is 8.72. The number of aliphatic hydroxyl groups excluding tert-OH is 2. The zero-order valence-corrected chi connectivity index (χ0v) is 45.2. The fraction of sp³-hybridized carbons (Fsp3) is 0.571. The van der Waals surface area contributed by atoms with E-state index in [1.165, 1.54) is 30.3 Å². The van der Waals surface area contributed by atoms with Crippen molar-refractivity contribution in [1.82, 2.24) is 0 Å². The Morgan fingerprint density at radius 3 is 1.63 bits per heavy atom. The van der Waals surface area contributed by atoms with Gasteiger partial charge in [-0.2, -0.15) is 26.3 Å². The minimum atomic E-state index is -4.49. The number of alkyl halides is 6. The van der Waals surface area contributed by atoms with Crippen molar-refractivity contribution in [3.05, 3.63) is 108 Å². The Kier molecular flexibility index (Phi) is 33.6. The molecule has 2 unspecified atom stereocenters. The van der Waals surface area contributed by atoms with E-state index >= 15 is 0 Å². The minimum absolute atomic E-state index is 0. The molecule has 19 heteroatoms. The third-order valence-corrected chi connectivity index (χ3v) is 11.6. The summed E-state index contributed by atoms with van der Waals surface area (Å²) in [6, 6.07) is 9.23. The lowest BCUT2D eigenvalue weighted by atomic mass is 9.86. The lowest BCUT2D eigenvalue weighted by molar-refractivity contribution is -0.148. The van der Waals surface area contributed by atoms with Crippen molar-refractivity contribution >= 4 is 51.2 Å². The van der Waals surface area contributed by atoms with Gasteiger partial charge in [-0.25, -0.2) is 0 Å². The molecule has 2 saturated carbocycles. The van der Waals surface area contributed by atoms with E-state index in [0.29, 0.717) is 51.4 Å². The number of ether oxygens (including phenoxy) is 4. The Morgan fingerprint density at radius 2 is 1.17 bits per heavy atom. The standard InChI is InChI=1S/C28H37F3O4.C26H33F3O6.2CH4.H2P2S/c1-19(2)35-27(33)13-8-6-5-7-12-25-24(21(4)16-26(25)32)15-14-20(3)18-34-23-11-9-10-22(17-23)28(29,30)31;1-17(2)35-25(33)11-6-4-3-5-10-21-22(24(32)15-23(21)31)13-12-19(30)16-34-20-9-7-8-18(14-20)26(27,28)29;;;1-2-3/h5,7,9-11,14-15,17,19-21,24-25H,6,8,12-13,16,18H2,1-4H3;3,5,7-9,12-14,17,19,21-22,24,30,32H,4,6,10-11,15-16H2,1-2H3;2*1H4;1H2/p+1/b7-5-,15-14+;5-3-,13-12+;;;/t20-,21-,24+,25-;19-,21-,22-,24-;;;/m11.../s1/i/hT. The van der Waals surface area contributed by atoms with Gasteiger partial charge in [0.1, 0.15) is 35.8 Å². The maximum Gasteiger partial charge on any atom is 0.416 e. The van der Waals surface area contributed by atoms with Crippen LogP contribution in [0.1, 0.15) is 132 Å². The lowest BCUT2D eigenvalue weighted by Crippen LogP contribution is -2.20. The molecule has 2 aromatic rings. The van der Waals surface area contributed by atoms with Crippen LogP contribution in [-0.4, -0.2) is 72.6 Å². The van der Waals surface area contributed by atoms with Crippen LogP contribution in [0.3, 0.4) is 0 Å². The highest BCUT2D eigenvalue weighted by Crippen LogP contribution is 2.38. The van der Waals surface area contributed by atoms with Crippen molar-refractivity contribution in [2.75, 3.05) is 13.2 Å². The zero-order valence-electron chi connectivity index (χ0n) is 43.4. The van der Waals surface area contributed by atoms with Crippen molar-refractivity contribution in [2.45, 2.75) is 157 Å². The number of allylic oxidation sites excluding steroid dienone is 5. The monoisotopic (exact) mass is 1120 g/mol. The molecule has 0 radical (unpaired) electrons. The Labute approximate surface area is 451 Å². The molecule has 2 fully saturated rings. The van der Waals surface area contributed by atoms with Crippen LogP contribution < -0.4 is 9.47 Å². The smallest absolute Gasteiger partial charge is 0.416 e. The lowest BCUT2D eigenvalue weighted by Gasteiger charge is -2.18. The molecular weight excluding hydrogens is 1040 g/mol. The van der Waals surface area contributed by atoms with E-state index in [9.17, 15) is 55.7 Å². The average molecular weight is 1120 g/mol. The number of esters is 2. The van der Waals surface area contributed by atoms with Crippen LogP contribution in [-0.2, 0) is 52.8 Å². The Morgan fingerprint density at radius 1 is 0.747 bits per heavy atom. The number of hydrogen-bond donors (Lipinski definition) is 2. The number of carbonyl (C=O) groups is 4. The number of benzene rings is 2. The first-order chi connectivity index (χ1) is 34.7. The molecule has 0 saturated heterocycles. The van der Waals surface area contributed by atoms with Crippen molar-refractivity contribution in [2.24, 2.45) is 35.5 Å². The predicted octanol–water partition coefficient (Wildman–Crippen LogP) is 14.0. The third kappa shape index (κ3) is 28.6. The summed E-state index contributed by atoms with van der Waals surface area (Å²) in [5.41, 5.74) is -1.58. The molecule has 0 spiro atoms. The molecule has 75 heavy (non-hydrogen) atoms. The fourth-order valence-corrected chi connectivity index (χ4v) is 8.07. The largest absolute Gasteiger partial charge is 0.493 e. The summed E-state index contributed by atoms with van der Waals surface area (Å²) in [4.78, 5) is 47.9. The van der Waals surface area contributed by atoms with Gasteiger partial charge in [0.25, 0.3) is 0 Å². The molecule has 422 valence electrons. The van der Waals surface area contributed by atoms with Crippen LogP contribution in [0.15, 0.2) is 97.1 Å². The number of rotatable bonds is 24. The van der Waals surface area contributed by atoms with Gasteiger partial charge < -0.3 is 29.2 Å². The first-order valence-electron chi connectivity index (χ1n) is 24.9. The van der Waals surface area contributed by atoms with Gasteiger partial charge in [-0.1, -0.05) is 89.4 Å². The van der Waals surface area contributed by atoms with Crippen LogP contribution in [0.5, 0.6) is 11.5 Å². The predicted molar refractivity (Wildman–Crippen MR) is 292 cm³/mol. The van der Waals surface area contributed by atoms with Gasteiger partial charge in [0.15, 0.2) is 18.8 Å². The topological polar surface area (TPSA) is 146 Å². The number of ketones is 2. The van der Waals surface area contributed by atoms with Gasteiger partial charge in [-0.15, -0.1) is 0 Å². The van der Waals surface area contributed by atoms with Gasteiger partial charge >= 0.3 is 25.6 Å².